The highest BCUT2D eigenvalue weighted by atomic mass is 16.5. The average Bonchev–Trinajstić information content (AvgIpc) is 3.37. The fraction of sp³-hybridized carbons (Fsp3) is 0.259. The highest BCUT2D eigenvalue weighted by Crippen LogP contribution is 2.29. The van der Waals surface area contributed by atoms with Gasteiger partial charge in [0.1, 0.15) is 0 Å². The van der Waals surface area contributed by atoms with Crippen molar-refractivity contribution in [2.45, 2.75) is 38.1 Å². The van der Waals surface area contributed by atoms with E-state index in [4.69, 9.17) is 14.8 Å². The smallest absolute Gasteiger partial charge is 0.305 e. The molecule has 0 aliphatic heterocycles. The van der Waals surface area contributed by atoms with E-state index in [2.05, 4.69) is 29.2 Å². The van der Waals surface area contributed by atoms with Gasteiger partial charge in [0.2, 0.25) is 5.88 Å². The van der Waals surface area contributed by atoms with Gasteiger partial charge in [0.15, 0.2) is 0 Å². The molecule has 0 spiro atoms. The molecule has 1 aliphatic carbocycles. The van der Waals surface area contributed by atoms with Crippen LogP contribution in [0.2, 0.25) is 0 Å². The Labute approximate surface area is 198 Å². The first-order valence-corrected chi connectivity index (χ1v) is 11.5. The van der Waals surface area contributed by atoms with Crippen LogP contribution in [0.1, 0.15) is 42.1 Å². The van der Waals surface area contributed by atoms with Gasteiger partial charge in [-0.2, -0.15) is 5.10 Å². The molecule has 1 aliphatic rings. The van der Waals surface area contributed by atoms with E-state index in [1.807, 2.05) is 30.5 Å². The largest absolute Gasteiger partial charge is 0.481 e. The lowest BCUT2D eigenvalue weighted by Gasteiger charge is -2.16. The molecule has 172 valence electrons. The number of nitrogens with zero attached hydrogens (tertiary/aromatic N) is 4. The number of aliphatic carboxylic acids is 1. The first-order valence-electron chi connectivity index (χ1n) is 11.5. The van der Waals surface area contributed by atoms with Gasteiger partial charge in [0.05, 0.1) is 31.0 Å². The second-order valence-corrected chi connectivity index (χ2v) is 8.52. The average molecular weight is 455 g/mol. The number of ether oxygens (including phenoxy) is 1. The second-order valence-electron chi connectivity index (χ2n) is 8.52. The van der Waals surface area contributed by atoms with E-state index in [9.17, 15) is 9.90 Å². The van der Waals surface area contributed by atoms with Crippen LogP contribution in [-0.2, 0) is 17.6 Å². The molecule has 1 atom stereocenters. The maximum absolute atomic E-state index is 11.6. The quantitative estimate of drug-likeness (QED) is 0.425. The van der Waals surface area contributed by atoms with E-state index in [1.165, 1.54) is 24.1 Å². The van der Waals surface area contributed by atoms with Gasteiger partial charge in [-0.1, -0.05) is 24.3 Å². The van der Waals surface area contributed by atoms with Crippen molar-refractivity contribution in [1.82, 2.24) is 19.7 Å². The normalized spacial score (nSPS) is 13.8. The van der Waals surface area contributed by atoms with Gasteiger partial charge in [-0.15, -0.1) is 0 Å². The maximum Gasteiger partial charge on any atom is 0.305 e. The third kappa shape index (κ3) is 4.55. The van der Waals surface area contributed by atoms with Gasteiger partial charge in [0, 0.05) is 35.3 Å². The molecule has 0 saturated heterocycles. The summed E-state index contributed by atoms with van der Waals surface area (Å²) in [5.41, 5.74) is 7.07. The number of carboxylic acid groups (broad SMARTS) is 1. The van der Waals surface area contributed by atoms with E-state index in [0.29, 0.717) is 5.88 Å². The molecule has 0 amide bonds. The van der Waals surface area contributed by atoms with Crippen LogP contribution < -0.4 is 4.74 Å². The maximum atomic E-state index is 11.6. The minimum atomic E-state index is -0.904. The molecule has 1 unspecified atom stereocenters. The number of hydrogen-bond donors (Lipinski definition) is 1. The topological polar surface area (TPSA) is 90.1 Å². The predicted molar refractivity (Wildman–Crippen MR) is 129 cm³/mol. The molecule has 0 saturated carbocycles. The van der Waals surface area contributed by atoms with Crippen molar-refractivity contribution in [2.75, 3.05) is 7.11 Å². The van der Waals surface area contributed by atoms with Gasteiger partial charge >= 0.3 is 5.97 Å². The lowest BCUT2D eigenvalue weighted by Crippen LogP contribution is -2.16. The van der Waals surface area contributed by atoms with Crippen LogP contribution >= 0.6 is 0 Å². The zero-order chi connectivity index (χ0) is 23.5. The molecule has 3 heterocycles. The Balaban J connectivity index is 1.45. The first-order chi connectivity index (χ1) is 16.6. The van der Waals surface area contributed by atoms with E-state index in [1.54, 1.807) is 24.1 Å². The number of fused-ring (bicyclic) bond motifs is 1. The summed E-state index contributed by atoms with van der Waals surface area (Å²) in [6.07, 6.45) is 7.94. The Morgan fingerprint density at radius 1 is 1.06 bits per heavy atom. The van der Waals surface area contributed by atoms with Crippen molar-refractivity contribution in [2.24, 2.45) is 0 Å². The van der Waals surface area contributed by atoms with Crippen LogP contribution in [0, 0.1) is 0 Å². The Hall–Kier alpha value is -4.00. The summed E-state index contributed by atoms with van der Waals surface area (Å²) >= 11 is 0. The number of methoxy groups -OCH3 is 1. The first kappa shape index (κ1) is 21.8. The summed E-state index contributed by atoms with van der Waals surface area (Å²) in [4.78, 5) is 20.7. The number of aromatic nitrogens is 4. The summed E-state index contributed by atoms with van der Waals surface area (Å²) in [6.45, 7) is 0. The molecule has 4 aromatic rings. The third-order valence-electron chi connectivity index (χ3n) is 6.28. The van der Waals surface area contributed by atoms with Crippen LogP contribution in [0.15, 0.2) is 67.0 Å². The number of aryl methyl sites for hydroxylation is 2. The Morgan fingerprint density at radius 3 is 2.65 bits per heavy atom. The Bertz CT molecular complexity index is 1310. The lowest BCUT2D eigenvalue weighted by atomic mass is 9.95. The van der Waals surface area contributed by atoms with Crippen LogP contribution in [0.5, 0.6) is 5.88 Å². The van der Waals surface area contributed by atoms with Crippen LogP contribution in [-0.4, -0.2) is 37.9 Å². The van der Waals surface area contributed by atoms with Crippen molar-refractivity contribution in [3.63, 3.8) is 0 Å². The predicted octanol–water partition coefficient (Wildman–Crippen LogP) is 4.96. The van der Waals surface area contributed by atoms with Gasteiger partial charge < -0.3 is 9.84 Å². The number of benzene rings is 1. The van der Waals surface area contributed by atoms with Crippen molar-refractivity contribution >= 4 is 5.97 Å². The van der Waals surface area contributed by atoms with Crippen molar-refractivity contribution in [3.8, 4) is 28.4 Å². The second kappa shape index (κ2) is 9.47. The van der Waals surface area contributed by atoms with E-state index < -0.39 is 12.0 Å². The minimum Gasteiger partial charge on any atom is -0.481 e. The number of rotatable bonds is 7. The number of hydrogen-bond acceptors (Lipinski definition) is 5. The molecule has 3 aromatic heterocycles. The monoisotopic (exact) mass is 454 g/mol. The standard InChI is InChI=1S/C27H26N4O3/c1-34-26-12-10-21(17-28-26)25(16-27(32)33)31-14-13-24(30-31)20-7-4-6-19(15-20)23-11-9-18-5-2-3-8-22(18)29-23/h4,6-7,9-15,17,25H,2-3,5,8,16H2,1H3,(H,32,33). The van der Waals surface area contributed by atoms with Crippen LogP contribution in [0.4, 0.5) is 0 Å². The van der Waals surface area contributed by atoms with E-state index >= 15 is 0 Å². The Kier molecular flexibility index (Phi) is 6.08. The highest BCUT2D eigenvalue weighted by molar-refractivity contribution is 5.70. The molecule has 0 fully saturated rings. The van der Waals surface area contributed by atoms with Gasteiger partial charge in [-0.05, 0) is 61.1 Å². The molecular weight excluding hydrogens is 428 g/mol. The summed E-state index contributed by atoms with van der Waals surface area (Å²) in [5.74, 6) is -0.426. The molecule has 5 rings (SSSR count). The fourth-order valence-corrected chi connectivity index (χ4v) is 4.49. The molecule has 0 radical (unpaired) electrons. The molecule has 7 heteroatoms. The molecule has 1 aromatic carbocycles. The van der Waals surface area contributed by atoms with E-state index in [-0.39, 0.29) is 6.42 Å². The molecule has 0 bridgehead atoms. The van der Waals surface area contributed by atoms with Gasteiger partial charge in [0.25, 0.3) is 0 Å². The number of pyridine rings is 2. The molecule has 7 nitrogen and oxygen atoms in total. The molecule has 34 heavy (non-hydrogen) atoms. The zero-order valence-corrected chi connectivity index (χ0v) is 19.0. The summed E-state index contributed by atoms with van der Waals surface area (Å²) in [6, 6.07) is 17.5. The summed E-state index contributed by atoms with van der Waals surface area (Å²) < 4.78 is 6.81. The third-order valence-corrected chi connectivity index (χ3v) is 6.28. The molecular formula is C27H26N4O3. The van der Waals surface area contributed by atoms with E-state index in [0.717, 1.165) is 40.9 Å². The fourth-order valence-electron chi connectivity index (χ4n) is 4.49. The van der Waals surface area contributed by atoms with Crippen molar-refractivity contribution in [1.29, 1.82) is 0 Å². The van der Waals surface area contributed by atoms with Crippen LogP contribution in [0.3, 0.4) is 0 Å². The van der Waals surface area contributed by atoms with Crippen LogP contribution in [0.25, 0.3) is 22.5 Å². The SMILES string of the molecule is COc1ccc(C(CC(=O)O)n2ccc(-c3cccc(-c4ccc5c(n4)CCCC5)c3)n2)cn1. The van der Waals surface area contributed by atoms with Gasteiger partial charge in [-0.3, -0.25) is 14.5 Å². The number of carbonyl (C=O) groups is 1. The minimum absolute atomic E-state index is 0.103. The lowest BCUT2D eigenvalue weighted by molar-refractivity contribution is -0.137. The van der Waals surface area contributed by atoms with Gasteiger partial charge in [-0.25, -0.2) is 4.98 Å². The summed E-state index contributed by atoms with van der Waals surface area (Å²) in [5, 5.41) is 14.2. The summed E-state index contributed by atoms with van der Waals surface area (Å²) in [7, 11) is 1.55. The van der Waals surface area contributed by atoms with Crippen molar-refractivity contribution in [3.05, 3.63) is 83.8 Å². The Morgan fingerprint density at radius 2 is 1.88 bits per heavy atom. The van der Waals surface area contributed by atoms with Crippen molar-refractivity contribution < 1.29 is 14.6 Å². The number of carboxylic acids is 1. The molecule has 1 N–H and O–H groups in total. The zero-order valence-electron chi connectivity index (χ0n) is 19.0. The highest BCUT2D eigenvalue weighted by Gasteiger charge is 2.20.